The first kappa shape index (κ1) is 24.1. The molecule has 2 aliphatic heterocycles. The number of rotatable bonds is 6. The maximum absolute atomic E-state index is 13.2. The number of amides is 1. The first-order chi connectivity index (χ1) is 17.6. The third-order valence-corrected chi connectivity index (χ3v) is 7.73. The van der Waals surface area contributed by atoms with Gasteiger partial charge >= 0.3 is 0 Å². The van der Waals surface area contributed by atoms with E-state index in [1.165, 1.54) is 11.8 Å². The largest absolute Gasteiger partial charge is 0.495 e. The molecular weight excluding hydrogens is 494 g/mol. The summed E-state index contributed by atoms with van der Waals surface area (Å²) in [4.78, 5) is 17.0. The summed E-state index contributed by atoms with van der Waals surface area (Å²) in [7, 11) is 1.64. The lowest BCUT2D eigenvalue weighted by molar-refractivity contribution is -0.129. The van der Waals surface area contributed by atoms with Crippen LogP contribution in [0.3, 0.4) is 0 Å². The molecule has 1 saturated heterocycles. The predicted molar refractivity (Wildman–Crippen MR) is 142 cm³/mol. The second kappa shape index (κ2) is 10.6. The summed E-state index contributed by atoms with van der Waals surface area (Å²) in [6.07, 6.45) is 0.248. The molecule has 1 unspecified atom stereocenters. The van der Waals surface area contributed by atoms with Crippen molar-refractivity contribution in [1.29, 1.82) is 5.26 Å². The van der Waals surface area contributed by atoms with Crippen LogP contribution in [0.15, 0.2) is 83.4 Å². The summed E-state index contributed by atoms with van der Waals surface area (Å²) in [5, 5.41) is 11.5. The summed E-state index contributed by atoms with van der Waals surface area (Å²) >= 11 is 7.45. The van der Waals surface area contributed by atoms with Gasteiger partial charge in [0.2, 0.25) is 5.91 Å². The Morgan fingerprint density at radius 2 is 1.83 bits per heavy atom. The van der Waals surface area contributed by atoms with Crippen LogP contribution in [0.5, 0.6) is 11.5 Å². The highest BCUT2D eigenvalue weighted by atomic mass is 35.5. The lowest BCUT2D eigenvalue weighted by atomic mass is 9.86. The Hall–Kier alpha value is -3.60. The molecule has 0 bridgehead atoms. The van der Waals surface area contributed by atoms with Gasteiger partial charge in [-0.15, -0.1) is 0 Å². The third-order valence-electron chi connectivity index (χ3n) is 6.32. The number of benzene rings is 3. The minimum absolute atomic E-state index is 0.00385. The van der Waals surface area contributed by atoms with Crippen molar-refractivity contribution >= 4 is 35.0 Å². The van der Waals surface area contributed by atoms with Crippen molar-refractivity contribution in [2.24, 2.45) is 0 Å². The summed E-state index contributed by atoms with van der Waals surface area (Å²) in [6, 6.07) is 25.3. The Morgan fingerprint density at radius 1 is 1.08 bits per heavy atom. The van der Waals surface area contributed by atoms with Crippen LogP contribution < -0.4 is 14.4 Å². The SMILES string of the molecule is COc1ccccc1N1CSC2=C(C#N)C(c3ccc(OCc4ccc(Cl)cc4)cc3)CC(=O)N2C1. The highest BCUT2D eigenvalue weighted by Gasteiger charge is 2.38. The van der Waals surface area contributed by atoms with Gasteiger partial charge in [-0.2, -0.15) is 5.26 Å². The highest BCUT2D eigenvalue weighted by molar-refractivity contribution is 8.03. The summed E-state index contributed by atoms with van der Waals surface area (Å²) < 4.78 is 11.4. The standard InChI is InChI=1S/C28H24ClN3O3S/c1-34-26-5-3-2-4-25(26)31-17-32-27(33)14-23(24(15-30)28(32)36-18-31)20-8-12-22(13-9-20)35-16-19-6-10-21(29)11-7-19/h2-13,23H,14,16-18H2,1H3. The van der Waals surface area contributed by atoms with Gasteiger partial charge in [-0.3, -0.25) is 9.69 Å². The van der Waals surface area contributed by atoms with Crippen molar-refractivity contribution in [3.8, 4) is 17.6 Å². The normalized spacial score (nSPS) is 17.5. The summed E-state index contributed by atoms with van der Waals surface area (Å²) in [5.74, 6) is 1.83. The van der Waals surface area contributed by atoms with Crippen LogP contribution >= 0.6 is 23.4 Å². The Bertz CT molecular complexity index is 1340. The van der Waals surface area contributed by atoms with Crippen molar-refractivity contribution in [1.82, 2.24) is 4.90 Å². The van der Waals surface area contributed by atoms with Gasteiger partial charge in [0.15, 0.2) is 0 Å². The fraction of sp³-hybridized carbons (Fsp3) is 0.214. The van der Waals surface area contributed by atoms with E-state index in [4.69, 9.17) is 21.1 Å². The number of carbonyl (C=O) groups is 1. The van der Waals surface area contributed by atoms with Crippen molar-refractivity contribution in [3.63, 3.8) is 0 Å². The van der Waals surface area contributed by atoms with E-state index in [0.29, 0.717) is 29.7 Å². The monoisotopic (exact) mass is 517 g/mol. The molecule has 1 amide bonds. The number of methoxy groups -OCH3 is 1. The molecule has 1 fully saturated rings. The average Bonchev–Trinajstić information content (AvgIpc) is 2.93. The number of allylic oxidation sites excluding steroid dienone is 1. The van der Waals surface area contributed by atoms with E-state index < -0.39 is 0 Å². The molecule has 0 radical (unpaired) electrons. The lowest BCUT2D eigenvalue weighted by Crippen LogP contribution is -2.47. The number of hydrogen-bond donors (Lipinski definition) is 0. The van der Waals surface area contributed by atoms with Gasteiger partial charge in [-0.25, -0.2) is 0 Å². The Balaban J connectivity index is 1.33. The van der Waals surface area contributed by atoms with E-state index >= 15 is 0 Å². The minimum Gasteiger partial charge on any atom is -0.495 e. The number of ether oxygens (including phenoxy) is 2. The molecular formula is C28H24ClN3O3S. The first-order valence-electron chi connectivity index (χ1n) is 11.5. The molecule has 0 aliphatic carbocycles. The van der Waals surface area contributed by atoms with Crippen molar-refractivity contribution in [2.45, 2.75) is 18.9 Å². The second-order valence-electron chi connectivity index (χ2n) is 8.52. The number of anilines is 1. The van der Waals surface area contributed by atoms with Gasteiger partial charge in [0.05, 0.1) is 42.0 Å². The number of fused-ring (bicyclic) bond motifs is 1. The highest BCUT2D eigenvalue weighted by Crippen LogP contribution is 2.44. The molecule has 5 rings (SSSR count). The van der Waals surface area contributed by atoms with Gasteiger partial charge in [0, 0.05) is 17.4 Å². The average molecular weight is 518 g/mol. The van der Waals surface area contributed by atoms with E-state index in [1.807, 2.05) is 72.8 Å². The predicted octanol–water partition coefficient (Wildman–Crippen LogP) is 6.15. The van der Waals surface area contributed by atoms with Crippen LogP contribution in [-0.2, 0) is 11.4 Å². The molecule has 2 aliphatic rings. The van der Waals surface area contributed by atoms with Gasteiger partial charge in [0.1, 0.15) is 18.1 Å². The fourth-order valence-corrected chi connectivity index (χ4v) is 5.72. The van der Waals surface area contributed by atoms with Crippen LogP contribution in [0.2, 0.25) is 5.02 Å². The van der Waals surface area contributed by atoms with Gasteiger partial charge in [-0.1, -0.05) is 59.8 Å². The lowest BCUT2D eigenvalue weighted by Gasteiger charge is -2.42. The van der Waals surface area contributed by atoms with Crippen molar-refractivity contribution < 1.29 is 14.3 Å². The molecule has 8 heteroatoms. The number of nitrogens with zero attached hydrogens (tertiary/aromatic N) is 3. The van der Waals surface area contributed by atoms with Crippen LogP contribution in [-0.4, -0.2) is 30.5 Å². The van der Waals surface area contributed by atoms with E-state index in [-0.39, 0.29) is 18.2 Å². The third kappa shape index (κ3) is 4.88. The van der Waals surface area contributed by atoms with Gasteiger partial charge < -0.3 is 14.4 Å². The van der Waals surface area contributed by atoms with Crippen molar-refractivity contribution in [2.75, 3.05) is 24.6 Å². The van der Waals surface area contributed by atoms with Gasteiger partial charge in [0.25, 0.3) is 0 Å². The molecule has 2 heterocycles. The number of para-hydroxylation sites is 2. The summed E-state index contributed by atoms with van der Waals surface area (Å²) in [5.41, 5.74) is 3.51. The Kier molecular flexibility index (Phi) is 7.08. The quantitative estimate of drug-likeness (QED) is 0.391. The van der Waals surface area contributed by atoms with Gasteiger partial charge in [-0.05, 0) is 47.5 Å². The zero-order valence-corrected chi connectivity index (χ0v) is 21.3. The van der Waals surface area contributed by atoms with Crippen LogP contribution in [0.4, 0.5) is 5.69 Å². The van der Waals surface area contributed by atoms with Crippen LogP contribution in [0.25, 0.3) is 0 Å². The van der Waals surface area contributed by atoms with E-state index in [1.54, 1.807) is 12.0 Å². The van der Waals surface area contributed by atoms with Crippen LogP contribution in [0, 0.1) is 11.3 Å². The molecule has 1 atom stereocenters. The van der Waals surface area contributed by atoms with E-state index in [2.05, 4.69) is 11.0 Å². The molecule has 0 saturated carbocycles. The number of thioether (sulfide) groups is 1. The molecule has 0 N–H and O–H groups in total. The maximum atomic E-state index is 13.2. The molecule has 36 heavy (non-hydrogen) atoms. The van der Waals surface area contributed by atoms with Crippen molar-refractivity contribution in [3.05, 3.63) is 99.5 Å². The zero-order valence-electron chi connectivity index (χ0n) is 19.7. The molecule has 0 aromatic heterocycles. The molecule has 0 spiro atoms. The molecule has 3 aromatic rings. The number of nitriles is 1. The Morgan fingerprint density at radius 3 is 2.56 bits per heavy atom. The Labute approximate surface area is 219 Å². The first-order valence-corrected chi connectivity index (χ1v) is 12.9. The molecule has 6 nitrogen and oxygen atoms in total. The van der Waals surface area contributed by atoms with Crippen LogP contribution in [0.1, 0.15) is 23.5 Å². The molecule has 182 valence electrons. The zero-order chi connectivity index (χ0) is 25.1. The molecule has 3 aromatic carbocycles. The minimum atomic E-state index is -0.274. The summed E-state index contributed by atoms with van der Waals surface area (Å²) in [6.45, 7) is 0.817. The second-order valence-corrected chi connectivity index (χ2v) is 9.89. The van der Waals surface area contributed by atoms with E-state index in [0.717, 1.165) is 33.3 Å². The number of carbonyl (C=O) groups excluding carboxylic acids is 1. The van der Waals surface area contributed by atoms with E-state index in [9.17, 15) is 10.1 Å². The number of halogens is 1. The fourth-order valence-electron chi connectivity index (χ4n) is 4.43. The number of hydrogen-bond acceptors (Lipinski definition) is 6. The smallest absolute Gasteiger partial charge is 0.229 e. The topological polar surface area (TPSA) is 65.8 Å². The maximum Gasteiger partial charge on any atom is 0.229 e.